The van der Waals surface area contributed by atoms with Crippen molar-refractivity contribution in [3.63, 3.8) is 0 Å². The van der Waals surface area contributed by atoms with E-state index in [1.165, 1.54) is 16.7 Å². The first kappa shape index (κ1) is 14.1. The van der Waals surface area contributed by atoms with Gasteiger partial charge in [-0.3, -0.25) is 4.79 Å². The summed E-state index contributed by atoms with van der Waals surface area (Å²) in [5, 5.41) is 3.36. The van der Waals surface area contributed by atoms with Crippen molar-refractivity contribution in [1.29, 1.82) is 0 Å². The van der Waals surface area contributed by atoms with Crippen LogP contribution >= 0.6 is 0 Å². The lowest BCUT2D eigenvalue weighted by molar-refractivity contribution is -0.132. The first-order valence-corrected chi connectivity index (χ1v) is 7.13. The number of amides is 1. The number of nitrogens with zero attached hydrogens (tertiary/aromatic N) is 1. The Morgan fingerprint density at radius 3 is 2.95 bits per heavy atom. The lowest BCUT2D eigenvalue weighted by Gasteiger charge is -2.32. The van der Waals surface area contributed by atoms with Crippen molar-refractivity contribution >= 4 is 5.91 Å². The minimum atomic E-state index is 0.286. The van der Waals surface area contributed by atoms with E-state index in [9.17, 15) is 4.79 Å². The van der Waals surface area contributed by atoms with Crippen molar-refractivity contribution in [3.8, 4) is 0 Å². The Bertz CT molecular complexity index is 456. The SMILES string of the molecule is Cc1ccc(C)c(CCC(=O)N2CCNC(C)C2)c1. The molecule has 1 N–H and O–H groups in total. The molecule has 2 rings (SSSR count). The molecule has 1 fully saturated rings. The van der Waals surface area contributed by atoms with E-state index in [0.29, 0.717) is 12.5 Å². The van der Waals surface area contributed by atoms with Gasteiger partial charge in [0.1, 0.15) is 0 Å². The van der Waals surface area contributed by atoms with Gasteiger partial charge >= 0.3 is 0 Å². The maximum Gasteiger partial charge on any atom is 0.222 e. The highest BCUT2D eigenvalue weighted by Gasteiger charge is 2.20. The van der Waals surface area contributed by atoms with Gasteiger partial charge in [-0.05, 0) is 38.3 Å². The first-order chi connectivity index (χ1) is 9.06. The highest BCUT2D eigenvalue weighted by molar-refractivity contribution is 5.76. The summed E-state index contributed by atoms with van der Waals surface area (Å²) in [7, 11) is 0. The molecule has 1 amide bonds. The average Bonchev–Trinajstić information content (AvgIpc) is 2.39. The van der Waals surface area contributed by atoms with E-state index in [1.807, 2.05) is 4.90 Å². The normalized spacial score (nSPS) is 19.5. The van der Waals surface area contributed by atoms with Crippen LogP contribution in [0.15, 0.2) is 18.2 Å². The van der Waals surface area contributed by atoms with Crippen LogP contribution in [0, 0.1) is 13.8 Å². The van der Waals surface area contributed by atoms with Crippen LogP contribution in [0.1, 0.15) is 30.0 Å². The van der Waals surface area contributed by atoms with Gasteiger partial charge in [0.25, 0.3) is 0 Å². The van der Waals surface area contributed by atoms with Crippen LogP contribution in [0.3, 0.4) is 0 Å². The van der Waals surface area contributed by atoms with Gasteiger partial charge in [-0.25, -0.2) is 0 Å². The van der Waals surface area contributed by atoms with Crippen LogP contribution in [0.2, 0.25) is 0 Å². The molecule has 0 saturated carbocycles. The fraction of sp³-hybridized carbons (Fsp3) is 0.562. The van der Waals surface area contributed by atoms with Gasteiger partial charge in [-0.15, -0.1) is 0 Å². The molecular weight excluding hydrogens is 236 g/mol. The summed E-state index contributed by atoms with van der Waals surface area (Å²) in [5.74, 6) is 0.286. The molecule has 1 aromatic carbocycles. The summed E-state index contributed by atoms with van der Waals surface area (Å²) in [4.78, 5) is 14.2. The molecule has 1 aliphatic rings. The quantitative estimate of drug-likeness (QED) is 0.902. The second-order valence-electron chi connectivity index (χ2n) is 5.62. The number of benzene rings is 1. The largest absolute Gasteiger partial charge is 0.340 e. The van der Waals surface area contributed by atoms with Crippen molar-refractivity contribution in [1.82, 2.24) is 10.2 Å². The number of carbonyl (C=O) groups excluding carboxylic acids is 1. The summed E-state index contributed by atoms with van der Waals surface area (Å²) in [6.07, 6.45) is 1.47. The van der Waals surface area contributed by atoms with Crippen LogP contribution in [-0.2, 0) is 11.2 Å². The molecule has 1 atom stereocenters. The second-order valence-corrected chi connectivity index (χ2v) is 5.62. The van der Waals surface area contributed by atoms with Gasteiger partial charge in [-0.1, -0.05) is 23.8 Å². The molecule has 0 radical (unpaired) electrons. The summed E-state index contributed by atoms with van der Waals surface area (Å²) in [5.41, 5.74) is 3.85. The van der Waals surface area contributed by atoms with Crippen molar-refractivity contribution in [2.75, 3.05) is 19.6 Å². The highest BCUT2D eigenvalue weighted by Crippen LogP contribution is 2.14. The lowest BCUT2D eigenvalue weighted by Crippen LogP contribution is -2.51. The molecular formula is C16H24N2O. The van der Waals surface area contributed by atoms with E-state index in [4.69, 9.17) is 0 Å². The third kappa shape index (κ3) is 3.80. The minimum absolute atomic E-state index is 0.286. The van der Waals surface area contributed by atoms with E-state index in [0.717, 1.165) is 26.1 Å². The molecule has 1 aromatic rings. The smallest absolute Gasteiger partial charge is 0.222 e. The van der Waals surface area contributed by atoms with Gasteiger partial charge in [0.15, 0.2) is 0 Å². The van der Waals surface area contributed by atoms with Gasteiger partial charge < -0.3 is 10.2 Å². The Morgan fingerprint density at radius 2 is 2.21 bits per heavy atom. The molecule has 3 nitrogen and oxygen atoms in total. The van der Waals surface area contributed by atoms with Crippen LogP contribution in [0.4, 0.5) is 0 Å². The number of hydrogen-bond acceptors (Lipinski definition) is 2. The van der Waals surface area contributed by atoms with E-state index in [1.54, 1.807) is 0 Å². The Labute approximate surface area is 116 Å². The van der Waals surface area contributed by atoms with E-state index < -0.39 is 0 Å². The van der Waals surface area contributed by atoms with Crippen molar-refractivity contribution in [2.45, 2.75) is 39.7 Å². The molecule has 104 valence electrons. The van der Waals surface area contributed by atoms with Gasteiger partial charge in [0, 0.05) is 32.1 Å². The van der Waals surface area contributed by atoms with Crippen molar-refractivity contribution < 1.29 is 4.79 Å². The molecule has 1 aliphatic heterocycles. The third-order valence-corrected chi connectivity index (χ3v) is 3.83. The number of rotatable bonds is 3. The van der Waals surface area contributed by atoms with Gasteiger partial charge in [0.2, 0.25) is 5.91 Å². The fourth-order valence-electron chi connectivity index (χ4n) is 2.63. The summed E-state index contributed by atoms with van der Waals surface area (Å²) in [6.45, 7) is 8.94. The van der Waals surface area contributed by atoms with E-state index in [2.05, 4.69) is 44.3 Å². The zero-order valence-corrected chi connectivity index (χ0v) is 12.2. The Kier molecular flexibility index (Phi) is 4.59. The minimum Gasteiger partial charge on any atom is -0.340 e. The highest BCUT2D eigenvalue weighted by atomic mass is 16.2. The molecule has 1 heterocycles. The number of hydrogen-bond donors (Lipinski definition) is 1. The predicted octanol–water partition coefficient (Wildman–Crippen LogP) is 2.06. The molecule has 0 spiro atoms. The zero-order valence-electron chi connectivity index (χ0n) is 12.2. The second kappa shape index (κ2) is 6.20. The summed E-state index contributed by atoms with van der Waals surface area (Å²) in [6, 6.07) is 6.88. The maximum atomic E-state index is 12.2. The van der Waals surface area contributed by atoms with Crippen molar-refractivity contribution in [2.24, 2.45) is 0 Å². The van der Waals surface area contributed by atoms with Gasteiger partial charge in [0.05, 0.1) is 0 Å². The average molecular weight is 260 g/mol. The van der Waals surface area contributed by atoms with Crippen molar-refractivity contribution in [3.05, 3.63) is 34.9 Å². The number of aryl methyl sites for hydroxylation is 3. The molecule has 3 heteroatoms. The van der Waals surface area contributed by atoms with Crippen LogP contribution in [0.25, 0.3) is 0 Å². The standard InChI is InChI=1S/C16H24N2O/c1-12-4-5-13(2)15(10-12)6-7-16(19)18-9-8-17-14(3)11-18/h4-5,10,14,17H,6-9,11H2,1-3H3. The van der Waals surface area contributed by atoms with E-state index in [-0.39, 0.29) is 5.91 Å². The summed E-state index contributed by atoms with van der Waals surface area (Å²) < 4.78 is 0. The molecule has 19 heavy (non-hydrogen) atoms. The molecule has 0 aromatic heterocycles. The number of carbonyl (C=O) groups is 1. The zero-order chi connectivity index (χ0) is 13.8. The van der Waals surface area contributed by atoms with Crippen LogP contribution in [-0.4, -0.2) is 36.5 Å². The fourth-order valence-corrected chi connectivity index (χ4v) is 2.63. The monoisotopic (exact) mass is 260 g/mol. The Balaban J connectivity index is 1.91. The summed E-state index contributed by atoms with van der Waals surface area (Å²) >= 11 is 0. The number of nitrogens with one attached hydrogen (secondary N) is 1. The predicted molar refractivity (Wildman–Crippen MR) is 78.3 cm³/mol. The third-order valence-electron chi connectivity index (χ3n) is 3.83. The lowest BCUT2D eigenvalue weighted by atomic mass is 10.0. The first-order valence-electron chi connectivity index (χ1n) is 7.13. The molecule has 1 saturated heterocycles. The Morgan fingerprint density at radius 1 is 1.42 bits per heavy atom. The number of piperazine rings is 1. The molecule has 0 aliphatic carbocycles. The molecule has 0 bridgehead atoms. The molecule has 1 unspecified atom stereocenters. The maximum absolute atomic E-state index is 12.2. The van der Waals surface area contributed by atoms with Gasteiger partial charge in [-0.2, -0.15) is 0 Å². The Hall–Kier alpha value is -1.35. The van der Waals surface area contributed by atoms with Crippen LogP contribution in [0.5, 0.6) is 0 Å². The van der Waals surface area contributed by atoms with E-state index >= 15 is 0 Å². The van der Waals surface area contributed by atoms with Crippen LogP contribution < -0.4 is 5.32 Å². The topological polar surface area (TPSA) is 32.3 Å².